The molecule has 6 heteroatoms. The Hall–Kier alpha value is -2.37. The van der Waals surface area contributed by atoms with Crippen LogP contribution in [0.1, 0.15) is 42.5 Å². The van der Waals surface area contributed by atoms with Crippen molar-refractivity contribution in [1.29, 1.82) is 0 Å². The standard InChI is InChI=1S/C18H26N6/c1-3-19-18(20-12-15-9-7-14(2)8-10-15)21-13-17-23-22-16-6-4-5-11-24(16)17/h7-10H,3-6,11-13H2,1-2H3,(H2,19,20,21). The third-order valence-corrected chi connectivity index (χ3v) is 4.23. The molecule has 128 valence electrons. The number of aryl methyl sites for hydroxylation is 2. The molecule has 24 heavy (non-hydrogen) atoms. The number of aromatic nitrogens is 3. The van der Waals surface area contributed by atoms with Crippen molar-refractivity contribution in [3.05, 3.63) is 47.0 Å². The Morgan fingerprint density at radius 3 is 2.79 bits per heavy atom. The van der Waals surface area contributed by atoms with E-state index in [1.165, 1.54) is 24.0 Å². The molecule has 3 rings (SSSR count). The van der Waals surface area contributed by atoms with Gasteiger partial charge in [0.05, 0.1) is 13.1 Å². The van der Waals surface area contributed by atoms with E-state index in [1.807, 2.05) is 0 Å². The van der Waals surface area contributed by atoms with Gasteiger partial charge in [0.2, 0.25) is 0 Å². The number of nitrogens with one attached hydrogen (secondary N) is 2. The van der Waals surface area contributed by atoms with E-state index in [0.717, 1.165) is 37.1 Å². The van der Waals surface area contributed by atoms with Crippen LogP contribution in [0.4, 0.5) is 0 Å². The number of hydrogen-bond acceptors (Lipinski definition) is 3. The van der Waals surface area contributed by atoms with Gasteiger partial charge < -0.3 is 15.2 Å². The minimum Gasteiger partial charge on any atom is -0.357 e. The molecule has 0 bridgehead atoms. The Kier molecular flexibility index (Phi) is 5.46. The Bertz CT molecular complexity index is 686. The molecule has 1 aliphatic heterocycles. The summed E-state index contributed by atoms with van der Waals surface area (Å²) in [5.74, 6) is 2.91. The molecule has 0 amide bonds. The second-order valence-electron chi connectivity index (χ2n) is 6.18. The molecule has 1 aromatic heterocycles. The van der Waals surface area contributed by atoms with E-state index in [2.05, 4.69) is 68.5 Å². The van der Waals surface area contributed by atoms with E-state index in [4.69, 9.17) is 0 Å². The third-order valence-electron chi connectivity index (χ3n) is 4.23. The number of nitrogens with zero attached hydrogens (tertiary/aromatic N) is 4. The quantitative estimate of drug-likeness (QED) is 0.653. The van der Waals surface area contributed by atoms with E-state index >= 15 is 0 Å². The zero-order valence-corrected chi connectivity index (χ0v) is 14.5. The number of aliphatic imine (C=N–C) groups is 1. The highest BCUT2D eigenvalue weighted by atomic mass is 15.3. The van der Waals surface area contributed by atoms with Crippen LogP contribution < -0.4 is 10.6 Å². The molecule has 0 aliphatic carbocycles. The molecule has 0 atom stereocenters. The van der Waals surface area contributed by atoms with Gasteiger partial charge in [-0.05, 0) is 32.3 Å². The van der Waals surface area contributed by atoms with E-state index in [0.29, 0.717) is 13.1 Å². The van der Waals surface area contributed by atoms with Gasteiger partial charge in [0.1, 0.15) is 5.82 Å². The fourth-order valence-corrected chi connectivity index (χ4v) is 2.87. The summed E-state index contributed by atoms with van der Waals surface area (Å²) in [4.78, 5) is 4.66. The molecule has 0 saturated heterocycles. The predicted molar refractivity (Wildman–Crippen MR) is 95.8 cm³/mol. The summed E-state index contributed by atoms with van der Waals surface area (Å²) in [6.45, 7) is 7.33. The lowest BCUT2D eigenvalue weighted by atomic mass is 10.1. The maximum Gasteiger partial charge on any atom is 0.191 e. The number of fused-ring (bicyclic) bond motifs is 1. The van der Waals surface area contributed by atoms with Gasteiger partial charge >= 0.3 is 0 Å². The molecule has 2 heterocycles. The largest absolute Gasteiger partial charge is 0.357 e. The summed E-state index contributed by atoms with van der Waals surface area (Å²) < 4.78 is 2.24. The smallest absolute Gasteiger partial charge is 0.191 e. The van der Waals surface area contributed by atoms with Crippen molar-refractivity contribution in [1.82, 2.24) is 25.4 Å². The zero-order valence-electron chi connectivity index (χ0n) is 14.5. The first-order valence-corrected chi connectivity index (χ1v) is 8.75. The van der Waals surface area contributed by atoms with Crippen LogP contribution in [0.15, 0.2) is 29.3 Å². The number of rotatable bonds is 5. The highest BCUT2D eigenvalue weighted by Crippen LogP contribution is 2.13. The fraction of sp³-hybridized carbons (Fsp3) is 0.500. The highest BCUT2D eigenvalue weighted by molar-refractivity contribution is 5.79. The topological polar surface area (TPSA) is 67.1 Å². The fourth-order valence-electron chi connectivity index (χ4n) is 2.87. The molecule has 0 spiro atoms. The van der Waals surface area contributed by atoms with E-state index < -0.39 is 0 Å². The molecule has 1 aromatic carbocycles. The SMILES string of the molecule is CCNC(=NCc1ccc(C)cc1)NCc1nnc2n1CCCC2. The minimum atomic E-state index is 0.646. The lowest BCUT2D eigenvalue weighted by Crippen LogP contribution is -2.37. The summed E-state index contributed by atoms with van der Waals surface area (Å²) in [5.41, 5.74) is 2.47. The molecular weight excluding hydrogens is 300 g/mol. The molecular formula is C18H26N6. The van der Waals surface area contributed by atoms with Crippen molar-refractivity contribution in [3.63, 3.8) is 0 Å². The number of hydrogen-bond donors (Lipinski definition) is 2. The van der Waals surface area contributed by atoms with Crippen molar-refractivity contribution in [2.24, 2.45) is 4.99 Å². The van der Waals surface area contributed by atoms with Crippen molar-refractivity contribution in [3.8, 4) is 0 Å². The summed E-state index contributed by atoms with van der Waals surface area (Å²) in [6, 6.07) is 8.48. The van der Waals surface area contributed by atoms with Crippen molar-refractivity contribution in [2.75, 3.05) is 6.54 Å². The van der Waals surface area contributed by atoms with Crippen LogP contribution in [0.25, 0.3) is 0 Å². The van der Waals surface area contributed by atoms with Crippen LogP contribution in [-0.4, -0.2) is 27.3 Å². The normalized spacial score (nSPS) is 14.3. The Balaban J connectivity index is 1.62. The zero-order chi connectivity index (χ0) is 16.8. The predicted octanol–water partition coefficient (Wildman–Crippen LogP) is 2.18. The first-order valence-electron chi connectivity index (χ1n) is 8.75. The van der Waals surface area contributed by atoms with Crippen LogP contribution in [-0.2, 0) is 26.1 Å². The van der Waals surface area contributed by atoms with Gasteiger partial charge in [0.25, 0.3) is 0 Å². The van der Waals surface area contributed by atoms with Crippen molar-refractivity contribution in [2.45, 2.75) is 52.7 Å². The van der Waals surface area contributed by atoms with Crippen LogP contribution in [0.3, 0.4) is 0 Å². The van der Waals surface area contributed by atoms with Gasteiger partial charge in [-0.2, -0.15) is 0 Å². The first-order chi connectivity index (χ1) is 11.8. The van der Waals surface area contributed by atoms with Gasteiger partial charge in [-0.1, -0.05) is 29.8 Å². The lowest BCUT2D eigenvalue weighted by molar-refractivity contribution is 0.504. The second-order valence-corrected chi connectivity index (χ2v) is 6.18. The molecule has 2 aromatic rings. The Morgan fingerprint density at radius 2 is 2.00 bits per heavy atom. The van der Waals surface area contributed by atoms with Crippen LogP contribution in [0, 0.1) is 6.92 Å². The molecule has 6 nitrogen and oxygen atoms in total. The monoisotopic (exact) mass is 326 g/mol. The molecule has 0 fully saturated rings. The van der Waals surface area contributed by atoms with Gasteiger partial charge in [0.15, 0.2) is 11.8 Å². The second kappa shape index (κ2) is 7.95. The van der Waals surface area contributed by atoms with E-state index in [9.17, 15) is 0 Å². The van der Waals surface area contributed by atoms with Crippen molar-refractivity contribution >= 4 is 5.96 Å². The molecule has 2 N–H and O–H groups in total. The van der Waals surface area contributed by atoms with E-state index in [-0.39, 0.29) is 0 Å². The first kappa shape index (κ1) is 16.5. The van der Waals surface area contributed by atoms with Crippen LogP contribution >= 0.6 is 0 Å². The van der Waals surface area contributed by atoms with Crippen LogP contribution in [0.2, 0.25) is 0 Å². The van der Waals surface area contributed by atoms with Crippen molar-refractivity contribution < 1.29 is 0 Å². The molecule has 0 unspecified atom stereocenters. The average Bonchev–Trinajstić information content (AvgIpc) is 3.02. The summed E-state index contributed by atoms with van der Waals surface area (Å²) in [7, 11) is 0. The Labute approximate surface area is 143 Å². The summed E-state index contributed by atoms with van der Waals surface area (Å²) in [5, 5.41) is 15.3. The lowest BCUT2D eigenvalue weighted by Gasteiger charge is -2.16. The minimum absolute atomic E-state index is 0.646. The summed E-state index contributed by atoms with van der Waals surface area (Å²) in [6.07, 6.45) is 3.46. The highest BCUT2D eigenvalue weighted by Gasteiger charge is 2.15. The average molecular weight is 326 g/mol. The maximum absolute atomic E-state index is 4.66. The number of guanidine groups is 1. The Morgan fingerprint density at radius 1 is 1.17 bits per heavy atom. The number of benzene rings is 1. The molecule has 0 radical (unpaired) electrons. The molecule has 0 saturated carbocycles. The van der Waals surface area contributed by atoms with E-state index in [1.54, 1.807) is 0 Å². The maximum atomic E-state index is 4.66. The van der Waals surface area contributed by atoms with Gasteiger partial charge in [0, 0.05) is 19.5 Å². The third kappa shape index (κ3) is 4.13. The van der Waals surface area contributed by atoms with Gasteiger partial charge in [-0.15, -0.1) is 10.2 Å². The van der Waals surface area contributed by atoms with Gasteiger partial charge in [-0.25, -0.2) is 4.99 Å². The van der Waals surface area contributed by atoms with Gasteiger partial charge in [-0.3, -0.25) is 0 Å². The molecule has 1 aliphatic rings. The summed E-state index contributed by atoms with van der Waals surface area (Å²) >= 11 is 0. The van der Waals surface area contributed by atoms with Crippen LogP contribution in [0.5, 0.6) is 0 Å².